The van der Waals surface area contributed by atoms with Crippen molar-refractivity contribution in [1.82, 2.24) is 4.90 Å². The summed E-state index contributed by atoms with van der Waals surface area (Å²) in [7, 11) is 4.65. The van der Waals surface area contributed by atoms with E-state index >= 15 is 0 Å². The highest BCUT2D eigenvalue weighted by Crippen LogP contribution is 2.31. The number of aliphatic imine (C=N–C) groups is 2. The van der Waals surface area contributed by atoms with Crippen LogP contribution in [-0.4, -0.2) is 71.0 Å². The summed E-state index contributed by atoms with van der Waals surface area (Å²) in [4.78, 5) is 48.7. The van der Waals surface area contributed by atoms with Crippen LogP contribution in [0, 0.1) is 11.8 Å². The van der Waals surface area contributed by atoms with Crippen molar-refractivity contribution in [2.45, 2.75) is 32.1 Å². The summed E-state index contributed by atoms with van der Waals surface area (Å²) in [6.07, 6.45) is 5.39. The summed E-state index contributed by atoms with van der Waals surface area (Å²) in [5.41, 5.74) is 0.626. The number of hydrogen-bond acceptors (Lipinski definition) is 7. The van der Waals surface area contributed by atoms with Crippen LogP contribution in [0.4, 0.5) is 10.5 Å². The van der Waals surface area contributed by atoms with Gasteiger partial charge in [-0.05, 0) is 25.0 Å². The van der Waals surface area contributed by atoms with E-state index in [-0.39, 0.29) is 23.5 Å². The average molecular weight is 471 g/mol. The van der Waals surface area contributed by atoms with Crippen molar-refractivity contribution >= 4 is 52.0 Å². The van der Waals surface area contributed by atoms with Crippen LogP contribution in [0.15, 0.2) is 34.3 Å². The monoisotopic (exact) mass is 470 g/mol. The minimum Gasteiger partial charge on any atom is -0.497 e. The molecule has 4 rings (SSSR count). The van der Waals surface area contributed by atoms with Gasteiger partial charge in [-0.2, -0.15) is 9.48 Å². The highest BCUT2D eigenvalue weighted by molar-refractivity contribution is 8.14. The van der Waals surface area contributed by atoms with E-state index in [1.807, 2.05) is 0 Å². The summed E-state index contributed by atoms with van der Waals surface area (Å²) in [5.74, 6) is 0.605. The molecule has 0 bridgehead atoms. The lowest BCUT2D eigenvalue weighted by atomic mass is 9.88. The zero-order valence-electron chi connectivity index (χ0n) is 19.0. The summed E-state index contributed by atoms with van der Waals surface area (Å²) < 4.78 is 6.61. The fourth-order valence-corrected chi connectivity index (χ4v) is 5.17. The van der Waals surface area contributed by atoms with Crippen molar-refractivity contribution in [3.05, 3.63) is 24.3 Å². The molecule has 10 heteroatoms. The number of imide groups is 1. The highest BCUT2D eigenvalue weighted by atomic mass is 32.2. The maximum Gasteiger partial charge on any atom is 0.445 e. The first-order chi connectivity index (χ1) is 15.9. The molecule has 174 valence electrons. The van der Waals surface area contributed by atoms with E-state index in [0.29, 0.717) is 28.2 Å². The van der Waals surface area contributed by atoms with Gasteiger partial charge in [-0.1, -0.05) is 42.1 Å². The van der Waals surface area contributed by atoms with Gasteiger partial charge in [0, 0.05) is 17.7 Å². The SMILES string of the molecule is COc1cccc(NC(=O)CSC2=NC(C3CCCCC3)=NC3=[N+](C)C(=O)N(C)C(=O)C23)c1. The van der Waals surface area contributed by atoms with Crippen LogP contribution in [-0.2, 0) is 9.59 Å². The largest absolute Gasteiger partial charge is 0.497 e. The standard InChI is InChI=1S/C23H27N5O4S/c1-27-20-18(22(30)28(2)23(27)31)21(26-19(25-20)14-8-5-4-6-9-14)33-13-17(29)24-15-10-7-11-16(12-15)32-3/h7,10-12,14,18H,4-6,8-9,13H2,1-3H3/p+1. The first-order valence-corrected chi connectivity index (χ1v) is 12.0. The third-order valence-electron chi connectivity index (χ3n) is 6.13. The van der Waals surface area contributed by atoms with E-state index in [9.17, 15) is 14.4 Å². The Balaban J connectivity index is 1.57. The van der Waals surface area contributed by atoms with Crippen LogP contribution in [0.25, 0.3) is 0 Å². The van der Waals surface area contributed by atoms with Gasteiger partial charge in [-0.25, -0.2) is 9.79 Å². The summed E-state index contributed by atoms with van der Waals surface area (Å²) >= 11 is 1.22. The number of hydrogen-bond donors (Lipinski definition) is 1. The van der Waals surface area contributed by atoms with Gasteiger partial charge in [-0.3, -0.25) is 9.59 Å². The minimum atomic E-state index is -0.778. The van der Waals surface area contributed by atoms with Gasteiger partial charge in [0.15, 0.2) is 5.92 Å². The van der Waals surface area contributed by atoms with Crippen LogP contribution >= 0.6 is 11.8 Å². The quantitative estimate of drug-likeness (QED) is 0.667. The van der Waals surface area contributed by atoms with Crippen LogP contribution in [0.5, 0.6) is 5.75 Å². The first-order valence-electron chi connectivity index (χ1n) is 11.0. The van der Waals surface area contributed by atoms with E-state index in [2.05, 4.69) is 10.3 Å². The lowest BCUT2D eigenvalue weighted by Gasteiger charge is -2.28. The first kappa shape index (κ1) is 23.2. The second-order valence-corrected chi connectivity index (χ2v) is 9.35. The highest BCUT2D eigenvalue weighted by Gasteiger charge is 2.49. The van der Waals surface area contributed by atoms with Crippen LogP contribution in [0.1, 0.15) is 32.1 Å². The maximum atomic E-state index is 13.0. The van der Waals surface area contributed by atoms with Crippen molar-refractivity contribution in [3.8, 4) is 5.75 Å². The number of ether oxygens (including phenoxy) is 1. The molecular weight excluding hydrogens is 442 g/mol. The number of methoxy groups -OCH3 is 1. The van der Waals surface area contributed by atoms with Crippen LogP contribution < -0.4 is 10.1 Å². The molecule has 1 atom stereocenters. The Labute approximate surface area is 197 Å². The van der Waals surface area contributed by atoms with Crippen molar-refractivity contribution < 1.29 is 23.7 Å². The predicted octanol–water partition coefficient (Wildman–Crippen LogP) is 3.01. The third-order valence-corrected chi connectivity index (χ3v) is 7.16. The number of thioether (sulfide) groups is 1. The third kappa shape index (κ3) is 4.85. The van der Waals surface area contributed by atoms with Gasteiger partial charge in [0.2, 0.25) is 11.7 Å². The molecule has 1 saturated carbocycles. The molecule has 1 unspecified atom stereocenters. The molecule has 1 aliphatic carbocycles. The number of fused-ring (bicyclic) bond motifs is 1. The second-order valence-electron chi connectivity index (χ2n) is 8.35. The number of nitrogens with zero attached hydrogens (tertiary/aromatic N) is 4. The number of carbonyl (C=O) groups excluding carboxylic acids is 3. The van der Waals surface area contributed by atoms with Gasteiger partial charge in [0.05, 0.1) is 27.0 Å². The summed E-state index contributed by atoms with van der Waals surface area (Å²) in [5, 5.41) is 3.36. The van der Waals surface area contributed by atoms with E-state index in [0.717, 1.165) is 30.6 Å². The Morgan fingerprint density at radius 2 is 2.00 bits per heavy atom. The van der Waals surface area contributed by atoms with Gasteiger partial charge in [0.25, 0.3) is 5.84 Å². The summed E-state index contributed by atoms with van der Waals surface area (Å²) in [6, 6.07) is 6.70. The van der Waals surface area contributed by atoms with Gasteiger partial charge < -0.3 is 10.1 Å². The molecule has 2 aliphatic heterocycles. The number of anilines is 1. The van der Waals surface area contributed by atoms with Gasteiger partial charge >= 0.3 is 11.9 Å². The Hall–Kier alpha value is -3.01. The molecule has 0 spiro atoms. The molecule has 0 saturated heterocycles. The fraction of sp³-hybridized carbons (Fsp3) is 0.478. The normalized spacial score (nSPS) is 21.4. The van der Waals surface area contributed by atoms with E-state index in [1.54, 1.807) is 38.4 Å². The van der Waals surface area contributed by atoms with E-state index in [4.69, 9.17) is 9.73 Å². The van der Waals surface area contributed by atoms with Crippen LogP contribution in [0.3, 0.4) is 0 Å². The molecule has 4 amide bonds. The summed E-state index contributed by atoms with van der Waals surface area (Å²) in [6.45, 7) is 0. The molecule has 1 N–H and O–H groups in total. The Morgan fingerprint density at radius 3 is 2.73 bits per heavy atom. The molecule has 2 heterocycles. The Kier molecular flexibility index (Phi) is 6.92. The van der Waals surface area contributed by atoms with E-state index < -0.39 is 11.9 Å². The smallest absolute Gasteiger partial charge is 0.445 e. The number of carbonyl (C=O) groups is 3. The number of benzene rings is 1. The fourth-order valence-electron chi connectivity index (χ4n) is 4.29. The Bertz CT molecular complexity index is 1070. The number of urea groups is 1. The van der Waals surface area contributed by atoms with Crippen molar-refractivity contribution in [1.29, 1.82) is 0 Å². The molecule has 1 aromatic carbocycles. The predicted molar refractivity (Wildman–Crippen MR) is 128 cm³/mol. The minimum absolute atomic E-state index is 0.0758. The van der Waals surface area contributed by atoms with Gasteiger partial charge in [0.1, 0.15) is 10.8 Å². The Morgan fingerprint density at radius 1 is 1.24 bits per heavy atom. The molecule has 1 fully saturated rings. The number of nitrogens with one attached hydrogen (secondary N) is 1. The molecule has 9 nitrogen and oxygen atoms in total. The van der Waals surface area contributed by atoms with Gasteiger partial charge in [-0.15, -0.1) is 0 Å². The molecule has 0 radical (unpaired) electrons. The number of amidine groups is 2. The number of rotatable bonds is 5. The topological polar surface area (TPSA) is 103 Å². The second kappa shape index (κ2) is 9.86. The van der Waals surface area contributed by atoms with Crippen molar-refractivity contribution in [2.24, 2.45) is 21.8 Å². The zero-order chi connectivity index (χ0) is 23.5. The van der Waals surface area contributed by atoms with Crippen molar-refractivity contribution in [3.63, 3.8) is 0 Å². The molecule has 1 aromatic rings. The molecular formula is C23H28N5O4S+. The van der Waals surface area contributed by atoms with Crippen molar-refractivity contribution in [2.75, 3.05) is 32.3 Å². The zero-order valence-corrected chi connectivity index (χ0v) is 19.9. The average Bonchev–Trinajstić information content (AvgIpc) is 2.85. The lowest BCUT2D eigenvalue weighted by molar-refractivity contribution is -0.407. The lowest BCUT2D eigenvalue weighted by Crippen LogP contribution is -2.55. The maximum absolute atomic E-state index is 13.0. The molecule has 3 aliphatic rings. The van der Waals surface area contributed by atoms with E-state index in [1.165, 1.54) is 29.8 Å². The van der Waals surface area contributed by atoms with Crippen LogP contribution in [0.2, 0.25) is 0 Å². The molecule has 33 heavy (non-hydrogen) atoms. The molecule has 0 aromatic heterocycles. The number of amides is 4.